The molecule has 2 aliphatic rings. The lowest BCUT2D eigenvalue weighted by atomic mass is 9.84. The van der Waals surface area contributed by atoms with Gasteiger partial charge in [0.2, 0.25) is 0 Å². The Hall–Kier alpha value is -2.08. The summed E-state index contributed by atoms with van der Waals surface area (Å²) in [6, 6.07) is 12.5. The van der Waals surface area contributed by atoms with Crippen molar-refractivity contribution in [3.63, 3.8) is 0 Å². The molecule has 5 rings (SSSR count). The second-order valence-electron chi connectivity index (χ2n) is 7.85. The monoisotopic (exact) mass is 432 g/mol. The lowest BCUT2D eigenvalue weighted by Crippen LogP contribution is -2.45. The quantitative estimate of drug-likeness (QED) is 0.687. The first-order valence-electron chi connectivity index (χ1n) is 9.71. The molecule has 5 nitrogen and oxygen atoms in total. The van der Waals surface area contributed by atoms with E-state index in [0.717, 1.165) is 32.0 Å². The number of rotatable bonds is 3. The van der Waals surface area contributed by atoms with Crippen LogP contribution in [0.4, 0.5) is 0 Å². The zero-order valence-corrected chi connectivity index (χ0v) is 18.0. The Bertz CT molecular complexity index is 1060. The van der Waals surface area contributed by atoms with Crippen LogP contribution >= 0.6 is 24.8 Å². The Kier molecular flexibility index (Phi) is 6.52. The Labute approximate surface area is 183 Å². The predicted octanol–water partition coefficient (Wildman–Crippen LogP) is 3.62. The Morgan fingerprint density at radius 3 is 2.79 bits per heavy atom. The third-order valence-corrected chi connectivity index (χ3v) is 6.07. The van der Waals surface area contributed by atoms with Crippen LogP contribution in [0.5, 0.6) is 0 Å². The Morgan fingerprint density at radius 1 is 1.14 bits per heavy atom. The number of benzene rings is 1. The minimum atomic E-state index is 0. The zero-order chi connectivity index (χ0) is 18.4. The summed E-state index contributed by atoms with van der Waals surface area (Å²) in [7, 11) is 0. The normalized spacial score (nSPS) is 19.6. The summed E-state index contributed by atoms with van der Waals surface area (Å²) >= 11 is 0. The van der Waals surface area contributed by atoms with E-state index in [2.05, 4.69) is 52.1 Å². The van der Waals surface area contributed by atoms with Gasteiger partial charge < -0.3 is 14.5 Å². The first-order chi connectivity index (χ1) is 13.2. The van der Waals surface area contributed by atoms with Gasteiger partial charge in [0.15, 0.2) is 0 Å². The van der Waals surface area contributed by atoms with Crippen LogP contribution < -0.4 is 10.9 Å². The minimum Gasteiger partial charge on any atom is -0.326 e. The summed E-state index contributed by atoms with van der Waals surface area (Å²) in [6.07, 6.45) is 4.94. The molecule has 1 fully saturated rings. The first kappa shape index (κ1) is 21.6. The lowest BCUT2D eigenvalue weighted by Gasteiger charge is -2.37. The Morgan fingerprint density at radius 2 is 1.97 bits per heavy atom. The fraction of sp³-hybridized carbons (Fsp3) is 0.364. The predicted molar refractivity (Wildman–Crippen MR) is 120 cm³/mol. The molecule has 0 radical (unpaired) electrons. The Balaban J connectivity index is 0.00000120. The van der Waals surface area contributed by atoms with E-state index in [1.165, 1.54) is 23.2 Å². The number of halogens is 2. The number of piperidine rings is 1. The molecule has 0 aliphatic carbocycles. The van der Waals surface area contributed by atoms with Gasteiger partial charge in [-0.05, 0) is 49.1 Å². The molecular formula is C22H26Cl2N4O. The standard InChI is InChI=1S/C22H24N4O.2ClH/c1-15-4-2-3-5-17(15)14-25-9-8-24-21(25)19-6-7-20-18-10-16(11-23-12-18)13-26(20)22(19)27;;/h2-9,16,18,23H,10-14H2,1H3;2*1H/t16-,18+;;/m0../s1. The maximum absolute atomic E-state index is 13.3. The van der Waals surface area contributed by atoms with Gasteiger partial charge in [-0.3, -0.25) is 4.79 Å². The second kappa shape index (κ2) is 8.74. The average Bonchev–Trinajstić information content (AvgIpc) is 3.13. The zero-order valence-electron chi connectivity index (χ0n) is 16.4. The number of fused-ring (bicyclic) bond motifs is 4. The number of imidazole rings is 1. The molecule has 7 heteroatoms. The van der Waals surface area contributed by atoms with Crippen LogP contribution in [0.2, 0.25) is 0 Å². The molecule has 1 N–H and O–H groups in total. The first-order valence-corrected chi connectivity index (χ1v) is 9.71. The SMILES string of the molecule is Cc1ccccc1Cn1ccnc1-c1ccc2n(c1=O)C[C@@H]1CNC[C@H]2C1.Cl.Cl. The van der Waals surface area contributed by atoms with Crippen molar-refractivity contribution in [2.24, 2.45) is 5.92 Å². The van der Waals surface area contributed by atoms with Gasteiger partial charge >= 0.3 is 0 Å². The molecule has 0 spiro atoms. The highest BCUT2D eigenvalue weighted by molar-refractivity contribution is 5.85. The number of pyridine rings is 1. The van der Waals surface area contributed by atoms with Gasteiger partial charge in [-0.25, -0.2) is 4.98 Å². The van der Waals surface area contributed by atoms with Crippen LogP contribution in [0, 0.1) is 12.8 Å². The fourth-order valence-electron chi connectivity index (χ4n) is 4.61. The number of aromatic nitrogens is 3. The van der Waals surface area contributed by atoms with Crippen molar-refractivity contribution in [3.8, 4) is 11.4 Å². The third kappa shape index (κ3) is 3.87. The van der Waals surface area contributed by atoms with Crippen molar-refractivity contribution in [2.75, 3.05) is 13.1 Å². The van der Waals surface area contributed by atoms with E-state index in [-0.39, 0.29) is 30.4 Å². The molecule has 3 aromatic rings. The van der Waals surface area contributed by atoms with Crippen LogP contribution in [-0.4, -0.2) is 27.2 Å². The number of hydrogen-bond acceptors (Lipinski definition) is 3. The molecule has 2 bridgehead atoms. The lowest BCUT2D eigenvalue weighted by molar-refractivity contribution is 0.257. The van der Waals surface area contributed by atoms with Crippen molar-refractivity contribution in [1.82, 2.24) is 19.4 Å². The smallest absolute Gasteiger partial charge is 0.261 e. The van der Waals surface area contributed by atoms with Crippen LogP contribution in [0.25, 0.3) is 11.4 Å². The number of nitrogens with one attached hydrogen (secondary N) is 1. The molecule has 154 valence electrons. The van der Waals surface area contributed by atoms with Gasteiger partial charge in [-0.15, -0.1) is 24.8 Å². The highest BCUT2D eigenvalue weighted by Gasteiger charge is 2.31. The summed E-state index contributed by atoms with van der Waals surface area (Å²) in [4.78, 5) is 17.8. The molecule has 1 aromatic carbocycles. The summed E-state index contributed by atoms with van der Waals surface area (Å²) in [6.45, 7) is 5.63. The molecule has 2 aromatic heterocycles. The van der Waals surface area contributed by atoms with Gasteiger partial charge in [-0.2, -0.15) is 0 Å². The van der Waals surface area contributed by atoms with E-state index in [0.29, 0.717) is 17.4 Å². The van der Waals surface area contributed by atoms with Crippen molar-refractivity contribution in [2.45, 2.75) is 32.4 Å². The second-order valence-corrected chi connectivity index (χ2v) is 7.85. The van der Waals surface area contributed by atoms with Crippen molar-refractivity contribution in [1.29, 1.82) is 0 Å². The van der Waals surface area contributed by atoms with E-state index in [1.54, 1.807) is 6.20 Å². The van der Waals surface area contributed by atoms with Crippen LogP contribution in [-0.2, 0) is 13.1 Å². The summed E-state index contributed by atoms with van der Waals surface area (Å²) < 4.78 is 4.08. The topological polar surface area (TPSA) is 51.9 Å². The van der Waals surface area contributed by atoms with E-state index < -0.39 is 0 Å². The highest BCUT2D eigenvalue weighted by atomic mass is 35.5. The van der Waals surface area contributed by atoms with E-state index in [9.17, 15) is 4.79 Å². The summed E-state index contributed by atoms with van der Waals surface area (Å²) in [5.74, 6) is 1.76. The van der Waals surface area contributed by atoms with Crippen LogP contribution in [0.15, 0.2) is 53.6 Å². The van der Waals surface area contributed by atoms with Crippen molar-refractivity contribution < 1.29 is 0 Å². The van der Waals surface area contributed by atoms with Crippen LogP contribution in [0.1, 0.15) is 29.2 Å². The van der Waals surface area contributed by atoms with Gasteiger partial charge in [0.05, 0.1) is 5.56 Å². The number of aryl methyl sites for hydroxylation is 1. The molecule has 29 heavy (non-hydrogen) atoms. The molecule has 0 unspecified atom stereocenters. The number of hydrogen-bond donors (Lipinski definition) is 1. The fourth-order valence-corrected chi connectivity index (χ4v) is 4.61. The van der Waals surface area contributed by atoms with Gasteiger partial charge in [0, 0.05) is 43.6 Å². The van der Waals surface area contributed by atoms with Crippen molar-refractivity contribution in [3.05, 3.63) is 76.0 Å². The molecule has 0 saturated carbocycles. The van der Waals surface area contributed by atoms with Crippen molar-refractivity contribution >= 4 is 24.8 Å². The maximum atomic E-state index is 13.3. The number of nitrogens with zero attached hydrogens (tertiary/aromatic N) is 3. The minimum absolute atomic E-state index is 0. The summed E-state index contributed by atoms with van der Waals surface area (Å²) in [5.41, 5.74) is 4.46. The molecule has 1 saturated heterocycles. The average molecular weight is 433 g/mol. The largest absolute Gasteiger partial charge is 0.326 e. The highest BCUT2D eigenvalue weighted by Crippen LogP contribution is 2.32. The third-order valence-electron chi connectivity index (χ3n) is 6.07. The molecule has 2 aliphatic heterocycles. The van der Waals surface area contributed by atoms with Gasteiger partial charge in [-0.1, -0.05) is 24.3 Å². The van der Waals surface area contributed by atoms with E-state index in [4.69, 9.17) is 0 Å². The molecule has 4 heterocycles. The molecule has 2 atom stereocenters. The van der Waals surface area contributed by atoms with E-state index >= 15 is 0 Å². The maximum Gasteiger partial charge on any atom is 0.261 e. The van der Waals surface area contributed by atoms with E-state index in [1.807, 2.05) is 16.8 Å². The van der Waals surface area contributed by atoms with Crippen LogP contribution in [0.3, 0.4) is 0 Å². The van der Waals surface area contributed by atoms with Gasteiger partial charge in [0.1, 0.15) is 5.82 Å². The molecular weight excluding hydrogens is 407 g/mol. The summed E-state index contributed by atoms with van der Waals surface area (Å²) in [5, 5.41) is 3.50. The molecule has 0 amide bonds. The van der Waals surface area contributed by atoms with Gasteiger partial charge in [0.25, 0.3) is 5.56 Å².